The minimum absolute atomic E-state index is 0.251. The Morgan fingerprint density at radius 2 is 1.85 bits per heavy atom. The lowest BCUT2D eigenvalue weighted by Crippen LogP contribution is -2.26. The van der Waals surface area contributed by atoms with Gasteiger partial charge in [-0.15, -0.1) is 0 Å². The maximum atomic E-state index is 12.6. The predicted molar refractivity (Wildman–Crippen MR) is 97.7 cm³/mol. The number of aryl methyl sites for hydroxylation is 1. The van der Waals surface area contributed by atoms with Crippen LogP contribution in [0.25, 0.3) is 10.9 Å². The molecule has 0 saturated carbocycles. The van der Waals surface area contributed by atoms with Crippen LogP contribution in [-0.4, -0.2) is 28.8 Å². The summed E-state index contributed by atoms with van der Waals surface area (Å²) >= 11 is 5.95. The molecule has 0 spiro atoms. The molecule has 0 atom stereocenters. The summed E-state index contributed by atoms with van der Waals surface area (Å²) in [5, 5.41) is 7.35. The van der Waals surface area contributed by atoms with Gasteiger partial charge in [-0.2, -0.15) is 5.10 Å². The van der Waals surface area contributed by atoms with Crippen molar-refractivity contribution < 1.29 is 14.3 Å². The van der Waals surface area contributed by atoms with E-state index < -0.39 is 17.3 Å². The first kappa shape index (κ1) is 17.6. The lowest BCUT2D eigenvalue weighted by Gasteiger charge is -2.09. The SMILES string of the molecule is COC(=O)c1ccc(NC(=O)c2nn(C)c3ccc(Cl)cc3c2=O)cc1. The molecular formula is C18H14ClN3O4. The van der Waals surface area contributed by atoms with Gasteiger partial charge in [0.25, 0.3) is 5.91 Å². The van der Waals surface area contributed by atoms with Crippen molar-refractivity contribution in [3.63, 3.8) is 0 Å². The molecule has 132 valence electrons. The van der Waals surface area contributed by atoms with E-state index in [4.69, 9.17) is 11.6 Å². The highest BCUT2D eigenvalue weighted by Gasteiger charge is 2.17. The first-order chi connectivity index (χ1) is 12.4. The van der Waals surface area contributed by atoms with E-state index in [0.717, 1.165) is 0 Å². The first-order valence-electron chi connectivity index (χ1n) is 7.57. The van der Waals surface area contributed by atoms with Crippen molar-refractivity contribution in [2.24, 2.45) is 7.05 Å². The van der Waals surface area contributed by atoms with Crippen LogP contribution >= 0.6 is 11.6 Å². The fourth-order valence-electron chi connectivity index (χ4n) is 2.50. The molecule has 0 unspecified atom stereocenters. The van der Waals surface area contributed by atoms with Crippen LogP contribution in [0.2, 0.25) is 5.02 Å². The maximum absolute atomic E-state index is 12.6. The van der Waals surface area contributed by atoms with Gasteiger partial charge in [-0.05, 0) is 42.5 Å². The zero-order chi connectivity index (χ0) is 18.8. The monoisotopic (exact) mass is 371 g/mol. The minimum Gasteiger partial charge on any atom is -0.465 e. The molecule has 0 aliphatic carbocycles. The fraction of sp³-hybridized carbons (Fsp3) is 0.111. The average molecular weight is 372 g/mol. The Morgan fingerprint density at radius 3 is 2.50 bits per heavy atom. The van der Waals surface area contributed by atoms with Gasteiger partial charge in [-0.1, -0.05) is 11.6 Å². The number of carbonyl (C=O) groups excluding carboxylic acids is 2. The zero-order valence-corrected chi connectivity index (χ0v) is 14.7. The topological polar surface area (TPSA) is 90.3 Å². The quantitative estimate of drug-likeness (QED) is 0.715. The number of nitrogens with one attached hydrogen (secondary N) is 1. The van der Waals surface area contributed by atoms with E-state index in [2.05, 4.69) is 15.2 Å². The summed E-state index contributed by atoms with van der Waals surface area (Å²) in [6, 6.07) is 10.9. The number of aromatic nitrogens is 2. The smallest absolute Gasteiger partial charge is 0.337 e. The van der Waals surface area contributed by atoms with Crippen molar-refractivity contribution >= 4 is 40.1 Å². The van der Waals surface area contributed by atoms with Crippen LogP contribution < -0.4 is 10.7 Å². The Labute approximate surface area is 153 Å². The van der Waals surface area contributed by atoms with Gasteiger partial charge in [0.1, 0.15) is 0 Å². The molecule has 1 aromatic heterocycles. The molecule has 0 fully saturated rings. The van der Waals surface area contributed by atoms with E-state index in [-0.39, 0.29) is 5.69 Å². The molecule has 2 aromatic carbocycles. The summed E-state index contributed by atoms with van der Waals surface area (Å²) in [6.45, 7) is 0. The third kappa shape index (κ3) is 3.29. The van der Waals surface area contributed by atoms with E-state index in [1.54, 1.807) is 19.2 Å². The highest BCUT2D eigenvalue weighted by atomic mass is 35.5. The Hall–Kier alpha value is -3.19. The molecule has 0 aliphatic heterocycles. The standard InChI is InChI=1S/C18H14ClN3O4/c1-22-14-8-5-11(19)9-13(14)16(23)15(21-22)17(24)20-12-6-3-10(4-7-12)18(25)26-2/h3-9H,1-2H3,(H,20,24). The number of amides is 1. The summed E-state index contributed by atoms with van der Waals surface area (Å²) < 4.78 is 6.06. The van der Waals surface area contributed by atoms with Crippen molar-refractivity contribution in [1.29, 1.82) is 0 Å². The molecule has 1 heterocycles. The fourth-order valence-corrected chi connectivity index (χ4v) is 2.67. The predicted octanol–water partition coefficient (Wildman–Crippen LogP) is 2.63. The van der Waals surface area contributed by atoms with Crippen LogP contribution in [0.15, 0.2) is 47.3 Å². The summed E-state index contributed by atoms with van der Waals surface area (Å²) in [4.78, 5) is 36.5. The number of ether oxygens (including phenoxy) is 1. The van der Waals surface area contributed by atoms with Gasteiger partial charge in [0.2, 0.25) is 5.43 Å². The highest BCUT2D eigenvalue weighted by molar-refractivity contribution is 6.31. The molecular weight excluding hydrogens is 358 g/mol. The molecule has 0 aliphatic rings. The summed E-state index contributed by atoms with van der Waals surface area (Å²) in [5.74, 6) is -1.14. The van der Waals surface area contributed by atoms with Crippen LogP contribution in [0, 0.1) is 0 Å². The van der Waals surface area contributed by atoms with Gasteiger partial charge in [0.05, 0.1) is 23.6 Å². The molecule has 3 aromatic rings. The Morgan fingerprint density at radius 1 is 1.15 bits per heavy atom. The molecule has 8 heteroatoms. The number of hydrogen-bond donors (Lipinski definition) is 1. The molecule has 1 N–H and O–H groups in total. The van der Waals surface area contributed by atoms with Crippen LogP contribution in [0.3, 0.4) is 0 Å². The number of esters is 1. The van der Waals surface area contributed by atoms with Crippen LogP contribution in [0.4, 0.5) is 5.69 Å². The number of halogens is 1. The van der Waals surface area contributed by atoms with Crippen LogP contribution in [0.1, 0.15) is 20.8 Å². The number of benzene rings is 2. The molecule has 0 bridgehead atoms. The van der Waals surface area contributed by atoms with Gasteiger partial charge in [0.15, 0.2) is 5.69 Å². The van der Waals surface area contributed by atoms with Gasteiger partial charge in [0, 0.05) is 17.8 Å². The molecule has 0 saturated heterocycles. The van der Waals surface area contributed by atoms with Crippen LogP contribution in [0.5, 0.6) is 0 Å². The van der Waals surface area contributed by atoms with E-state index in [9.17, 15) is 14.4 Å². The van der Waals surface area contributed by atoms with Crippen LogP contribution in [-0.2, 0) is 11.8 Å². The number of rotatable bonds is 3. The summed E-state index contributed by atoms with van der Waals surface area (Å²) in [5.41, 5.74) is 0.569. The summed E-state index contributed by atoms with van der Waals surface area (Å²) in [6.07, 6.45) is 0. The molecule has 0 radical (unpaired) electrons. The average Bonchev–Trinajstić information content (AvgIpc) is 2.64. The number of fused-ring (bicyclic) bond motifs is 1. The molecule has 7 nitrogen and oxygen atoms in total. The number of carbonyl (C=O) groups is 2. The maximum Gasteiger partial charge on any atom is 0.337 e. The van der Waals surface area contributed by atoms with Crippen molar-refractivity contribution in [2.75, 3.05) is 12.4 Å². The van der Waals surface area contributed by atoms with E-state index in [1.165, 1.54) is 42.1 Å². The number of nitrogens with zero attached hydrogens (tertiary/aromatic N) is 2. The van der Waals surface area contributed by atoms with E-state index in [1.807, 2.05) is 0 Å². The van der Waals surface area contributed by atoms with Gasteiger partial charge >= 0.3 is 5.97 Å². The third-order valence-electron chi connectivity index (χ3n) is 3.80. The summed E-state index contributed by atoms with van der Waals surface area (Å²) in [7, 11) is 2.92. The minimum atomic E-state index is -0.654. The van der Waals surface area contributed by atoms with Gasteiger partial charge < -0.3 is 10.1 Å². The first-order valence-corrected chi connectivity index (χ1v) is 7.95. The second kappa shape index (κ2) is 6.97. The second-order valence-electron chi connectivity index (χ2n) is 5.49. The van der Waals surface area contributed by atoms with Crippen molar-refractivity contribution in [1.82, 2.24) is 9.78 Å². The molecule has 1 amide bonds. The van der Waals surface area contributed by atoms with E-state index in [0.29, 0.717) is 27.2 Å². The number of anilines is 1. The van der Waals surface area contributed by atoms with Crippen molar-refractivity contribution in [2.45, 2.75) is 0 Å². The highest BCUT2D eigenvalue weighted by Crippen LogP contribution is 2.16. The Balaban J connectivity index is 1.94. The normalized spacial score (nSPS) is 10.6. The number of methoxy groups -OCH3 is 1. The lowest BCUT2D eigenvalue weighted by molar-refractivity contribution is 0.0600. The Bertz CT molecular complexity index is 1070. The van der Waals surface area contributed by atoms with E-state index >= 15 is 0 Å². The second-order valence-corrected chi connectivity index (χ2v) is 5.92. The largest absolute Gasteiger partial charge is 0.465 e. The van der Waals surface area contributed by atoms with Gasteiger partial charge in [-0.3, -0.25) is 14.3 Å². The Kier molecular flexibility index (Phi) is 4.73. The number of hydrogen-bond acceptors (Lipinski definition) is 5. The van der Waals surface area contributed by atoms with Gasteiger partial charge in [-0.25, -0.2) is 4.79 Å². The lowest BCUT2D eigenvalue weighted by atomic mass is 10.2. The van der Waals surface area contributed by atoms with Crippen molar-refractivity contribution in [3.05, 3.63) is 69.0 Å². The molecule has 26 heavy (non-hydrogen) atoms. The zero-order valence-electron chi connectivity index (χ0n) is 13.9. The molecule has 3 rings (SSSR count). The van der Waals surface area contributed by atoms with Crippen molar-refractivity contribution in [3.8, 4) is 0 Å². The third-order valence-corrected chi connectivity index (χ3v) is 4.03.